The number of hydrogen-bond acceptors (Lipinski definition) is 2. The van der Waals surface area contributed by atoms with Crippen LogP contribution in [0.15, 0.2) is 77.3 Å². The van der Waals surface area contributed by atoms with Gasteiger partial charge in [-0.15, -0.1) is 10.2 Å². The molecular weight excluding hydrogens is 362 g/mol. The molecule has 5 aromatic rings. The largest absolute Gasteiger partial charge is 0.274 e. The lowest BCUT2D eigenvalue weighted by atomic mass is 10.1. The molecule has 4 heteroatoms. The van der Waals surface area contributed by atoms with Crippen molar-refractivity contribution in [1.82, 2.24) is 14.6 Å². The van der Waals surface area contributed by atoms with Gasteiger partial charge in [0.25, 0.3) is 0 Å². The molecule has 0 saturated carbocycles. The van der Waals surface area contributed by atoms with E-state index in [9.17, 15) is 0 Å². The number of halogens is 1. The molecule has 0 aliphatic carbocycles. The second-order valence-electron chi connectivity index (χ2n) is 5.76. The van der Waals surface area contributed by atoms with Crippen molar-refractivity contribution in [3.63, 3.8) is 0 Å². The minimum absolute atomic E-state index is 0.865. The Morgan fingerprint density at radius 1 is 0.708 bits per heavy atom. The first-order valence-electron chi connectivity index (χ1n) is 7.73. The minimum Gasteiger partial charge on any atom is -0.274 e. The SMILES string of the molecule is Brc1ccc2c(c1)c1ccccc1c1nnc(-c3ccccc3)n21. The van der Waals surface area contributed by atoms with E-state index in [2.05, 4.69) is 79.1 Å². The number of benzene rings is 3. The van der Waals surface area contributed by atoms with E-state index >= 15 is 0 Å². The lowest BCUT2D eigenvalue weighted by Crippen LogP contribution is -1.94. The van der Waals surface area contributed by atoms with Gasteiger partial charge in [-0.05, 0) is 23.6 Å². The van der Waals surface area contributed by atoms with Gasteiger partial charge in [0.2, 0.25) is 0 Å². The van der Waals surface area contributed by atoms with Crippen LogP contribution in [0.1, 0.15) is 0 Å². The van der Waals surface area contributed by atoms with Crippen LogP contribution in [0.5, 0.6) is 0 Å². The Labute approximate surface area is 146 Å². The zero-order valence-corrected chi connectivity index (χ0v) is 14.2. The highest BCUT2D eigenvalue weighted by Crippen LogP contribution is 2.33. The van der Waals surface area contributed by atoms with Gasteiger partial charge in [0.1, 0.15) is 0 Å². The average Bonchev–Trinajstić information content (AvgIpc) is 3.08. The van der Waals surface area contributed by atoms with Gasteiger partial charge in [-0.25, -0.2) is 0 Å². The number of pyridine rings is 1. The van der Waals surface area contributed by atoms with Crippen molar-refractivity contribution in [2.24, 2.45) is 0 Å². The number of rotatable bonds is 1. The molecule has 0 radical (unpaired) electrons. The molecule has 3 nitrogen and oxygen atoms in total. The Balaban J connectivity index is 2.05. The van der Waals surface area contributed by atoms with E-state index < -0.39 is 0 Å². The zero-order chi connectivity index (χ0) is 16.1. The molecule has 114 valence electrons. The topological polar surface area (TPSA) is 30.2 Å². The maximum atomic E-state index is 4.50. The summed E-state index contributed by atoms with van der Waals surface area (Å²) in [5.41, 5.74) is 3.06. The smallest absolute Gasteiger partial charge is 0.169 e. The van der Waals surface area contributed by atoms with E-state index in [1.807, 2.05) is 24.3 Å². The van der Waals surface area contributed by atoms with Gasteiger partial charge in [-0.2, -0.15) is 0 Å². The quantitative estimate of drug-likeness (QED) is 0.365. The van der Waals surface area contributed by atoms with Crippen molar-refractivity contribution >= 4 is 43.3 Å². The van der Waals surface area contributed by atoms with Crippen molar-refractivity contribution < 1.29 is 0 Å². The Morgan fingerprint density at radius 2 is 1.46 bits per heavy atom. The number of nitrogens with zero attached hydrogens (tertiary/aromatic N) is 3. The molecule has 0 aliphatic rings. The fourth-order valence-corrected chi connectivity index (χ4v) is 3.65. The summed E-state index contributed by atoms with van der Waals surface area (Å²) in [5, 5.41) is 12.5. The molecule has 0 aliphatic heterocycles. The maximum Gasteiger partial charge on any atom is 0.169 e. The summed E-state index contributed by atoms with van der Waals surface area (Å²) in [6, 6.07) is 24.9. The lowest BCUT2D eigenvalue weighted by molar-refractivity contribution is 1.12. The van der Waals surface area contributed by atoms with Gasteiger partial charge < -0.3 is 0 Å². The zero-order valence-electron chi connectivity index (χ0n) is 12.6. The van der Waals surface area contributed by atoms with Crippen LogP contribution in [0, 0.1) is 0 Å². The third kappa shape index (κ3) is 1.90. The predicted molar refractivity (Wildman–Crippen MR) is 101 cm³/mol. The van der Waals surface area contributed by atoms with E-state index in [1.54, 1.807) is 0 Å². The summed E-state index contributed by atoms with van der Waals surface area (Å²) >= 11 is 3.60. The Morgan fingerprint density at radius 3 is 2.29 bits per heavy atom. The first-order chi connectivity index (χ1) is 11.8. The number of fused-ring (bicyclic) bond motifs is 6. The fraction of sp³-hybridized carbons (Fsp3) is 0. The van der Waals surface area contributed by atoms with Crippen LogP contribution in [0.3, 0.4) is 0 Å². The fourth-order valence-electron chi connectivity index (χ4n) is 3.29. The first kappa shape index (κ1) is 13.7. The van der Waals surface area contributed by atoms with Gasteiger partial charge in [0.15, 0.2) is 11.5 Å². The highest BCUT2D eigenvalue weighted by atomic mass is 79.9. The molecule has 3 aromatic carbocycles. The summed E-state index contributed by atoms with van der Waals surface area (Å²) < 4.78 is 3.22. The highest BCUT2D eigenvalue weighted by molar-refractivity contribution is 9.10. The second kappa shape index (κ2) is 5.14. The molecule has 0 unspecified atom stereocenters. The number of hydrogen-bond donors (Lipinski definition) is 0. The molecule has 0 N–H and O–H groups in total. The second-order valence-corrected chi connectivity index (χ2v) is 6.67. The normalized spacial score (nSPS) is 11.5. The van der Waals surface area contributed by atoms with Gasteiger partial charge >= 0.3 is 0 Å². The average molecular weight is 374 g/mol. The molecule has 2 heterocycles. The lowest BCUT2D eigenvalue weighted by Gasteiger charge is -2.10. The summed E-state index contributed by atoms with van der Waals surface area (Å²) in [6.45, 7) is 0. The van der Waals surface area contributed by atoms with Gasteiger partial charge in [0, 0.05) is 20.8 Å². The van der Waals surface area contributed by atoms with Crippen molar-refractivity contribution in [2.45, 2.75) is 0 Å². The van der Waals surface area contributed by atoms with Crippen molar-refractivity contribution in [3.8, 4) is 11.4 Å². The van der Waals surface area contributed by atoms with Crippen LogP contribution >= 0.6 is 15.9 Å². The van der Waals surface area contributed by atoms with Gasteiger partial charge in [-0.3, -0.25) is 4.40 Å². The van der Waals surface area contributed by atoms with Crippen LogP contribution in [-0.4, -0.2) is 14.6 Å². The molecule has 0 saturated heterocycles. The van der Waals surface area contributed by atoms with E-state index in [0.717, 1.165) is 32.4 Å². The van der Waals surface area contributed by atoms with Crippen LogP contribution in [0.2, 0.25) is 0 Å². The minimum atomic E-state index is 0.865. The molecule has 0 bridgehead atoms. The molecule has 2 aromatic heterocycles. The van der Waals surface area contributed by atoms with Crippen molar-refractivity contribution in [1.29, 1.82) is 0 Å². The number of aromatic nitrogens is 3. The Bertz CT molecular complexity index is 1210. The Hall–Kier alpha value is -2.72. The van der Waals surface area contributed by atoms with Crippen molar-refractivity contribution in [3.05, 3.63) is 77.3 Å². The molecule has 5 rings (SSSR count). The predicted octanol–water partition coefficient (Wildman–Crippen LogP) is 5.47. The van der Waals surface area contributed by atoms with Gasteiger partial charge in [-0.1, -0.05) is 70.5 Å². The van der Waals surface area contributed by atoms with E-state index in [0.29, 0.717) is 0 Å². The summed E-state index contributed by atoms with van der Waals surface area (Å²) in [4.78, 5) is 0. The molecule has 0 spiro atoms. The standard InChI is InChI=1S/C20H12BrN3/c21-14-10-11-18-17(12-14)15-8-4-5-9-16(15)20-23-22-19(24(18)20)13-6-2-1-3-7-13/h1-12H. The highest BCUT2D eigenvalue weighted by Gasteiger charge is 2.15. The molecule has 0 atom stereocenters. The third-order valence-corrected chi connectivity index (χ3v) is 4.85. The van der Waals surface area contributed by atoms with E-state index in [4.69, 9.17) is 0 Å². The van der Waals surface area contributed by atoms with Crippen LogP contribution in [0.4, 0.5) is 0 Å². The molecular formula is C20H12BrN3. The summed E-state index contributed by atoms with van der Waals surface area (Å²) in [5.74, 6) is 0.865. The monoisotopic (exact) mass is 373 g/mol. The van der Waals surface area contributed by atoms with Crippen LogP contribution in [0.25, 0.3) is 38.7 Å². The summed E-state index contributed by atoms with van der Waals surface area (Å²) in [7, 11) is 0. The van der Waals surface area contributed by atoms with E-state index in [1.165, 1.54) is 10.8 Å². The van der Waals surface area contributed by atoms with E-state index in [-0.39, 0.29) is 0 Å². The summed E-state index contributed by atoms with van der Waals surface area (Å²) in [6.07, 6.45) is 0. The van der Waals surface area contributed by atoms with Crippen molar-refractivity contribution in [2.75, 3.05) is 0 Å². The van der Waals surface area contributed by atoms with Gasteiger partial charge in [0.05, 0.1) is 5.52 Å². The van der Waals surface area contributed by atoms with Crippen LogP contribution in [-0.2, 0) is 0 Å². The molecule has 24 heavy (non-hydrogen) atoms. The third-order valence-electron chi connectivity index (χ3n) is 4.35. The Kier molecular flexibility index (Phi) is 2.94. The van der Waals surface area contributed by atoms with Crippen LogP contribution < -0.4 is 0 Å². The first-order valence-corrected chi connectivity index (χ1v) is 8.53. The molecule has 0 amide bonds. The molecule has 0 fully saturated rings. The maximum absolute atomic E-state index is 4.50.